The van der Waals surface area contributed by atoms with Crippen LogP contribution in [0.15, 0.2) is 29.3 Å². The van der Waals surface area contributed by atoms with Crippen molar-refractivity contribution in [2.24, 2.45) is 28.0 Å². The summed E-state index contributed by atoms with van der Waals surface area (Å²) in [5.74, 6) is 1.84. The highest BCUT2D eigenvalue weighted by atomic mass is 33.1. The SMILES string of the molecule is Cc1ccc(C23CC4CC(CC(CN=C(N)CSS(=O)(=O)O)(C4)C2)C3)cc1. The van der Waals surface area contributed by atoms with Gasteiger partial charge in [-0.25, -0.2) is 0 Å². The lowest BCUT2D eigenvalue weighted by Gasteiger charge is -2.62. The average Bonchev–Trinajstić information content (AvgIpc) is 2.57. The second-order valence-corrected chi connectivity index (χ2v) is 12.5. The van der Waals surface area contributed by atoms with Crippen molar-refractivity contribution in [1.82, 2.24) is 0 Å². The Morgan fingerprint density at radius 2 is 1.85 bits per heavy atom. The minimum atomic E-state index is -4.08. The van der Waals surface area contributed by atoms with Crippen LogP contribution in [0.3, 0.4) is 0 Å². The lowest BCUT2D eigenvalue weighted by atomic mass is 9.43. The van der Waals surface area contributed by atoms with Crippen molar-refractivity contribution in [3.8, 4) is 0 Å². The maximum Gasteiger partial charge on any atom is 0.320 e. The van der Waals surface area contributed by atoms with Crippen LogP contribution in [-0.2, 0) is 14.6 Å². The van der Waals surface area contributed by atoms with E-state index in [2.05, 4.69) is 36.2 Å². The maximum atomic E-state index is 10.9. The molecule has 27 heavy (non-hydrogen) atoms. The Morgan fingerprint density at radius 3 is 2.44 bits per heavy atom. The summed E-state index contributed by atoms with van der Waals surface area (Å²) in [4.78, 5) is 4.55. The number of nitrogens with zero attached hydrogens (tertiary/aromatic N) is 1. The maximum absolute atomic E-state index is 10.9. The molecule has 4 bridgehead atoms. The standard InChI is InChI=1S/C20H28N2O3S2/c1-14-2-4-17(5-3-14)20-9-15-6-16(10-20)8-19(7-15,12-20)13-22-18(21)11-26-27(23,24)25/h2-5,15-16H,6-13H2,1H3,(H2,21,22)(H,23,24,25). The molecule has 5 nitrogen and oxygen atoms in total. The summed E-state index contributed by atoms with van der Waals surface area (Å²) in [6, 6.07) is 9.08. The van der Waals surface area contributed by atoms with Crippen molar-refractivity contribution in [2.75, 3.05) is 12.3 Å². The van der Waals surface area contributed by atoms with Crippen LogP contribution >= 0.6 is 10.8 Å². The van der Waals surface area contributed by atoms with E-state index < -0.39 is 9.15 Å². The zero-order valence-corrected chi connectivity index (χ0v) is 17.4. The van der Waals surface area contributed by atoms with Crippen LogP contribution in [0, 0.1) is 24.2 Å². The van der Waals surface area contributed by atoms with E-state index in [0.29, 0.717) is 23.2 Å². The van der Waals surface area contributed by atoms with Gasteiger partial charge in [0, 0.05) is 17.3 Å². The number of rotatable bonds is 6. The zero-order valence-electron chi connectivity index (χ0n) is 15.7. The largest absolute Gasteiger partial charge is 0.387 e. The van der Waals surface area contributed by atoms with E-state index in [9.17, 15) is 8.42 Å². The molecule has 0 saturated heterocycles. The topological polar surface area (TPSA) is 92.8 Å². The quantitative estimate of drug-likeness (QED) is 0.324. The minimum Gasteiger partial charge on any atom is -0.387 e. The van der Waals surface area contributed by atoms with Gasteiger partial charge in [0.2, 0.25) is 0 Å². The van der Waals surface area contributed by atoms with Gasteiger partial charge in [-0.1, -0.05) is 29.8 Å². The van der Waals surface area contributed by atoms with Crippen LogP contribution in [0.5, 0.6) is 0 Å². The second kappa shape index (κ2) is 6.78. The van der Waals surface area contributed by atoms with E-state index >= 15 is 0 Å². The first kappa shape index (κ1) is 19.3. The summed E-state index contributed by atoms with van der Waals surface area (Å²) >= 11 is 0. The second-order valence-electron chi connectivity index (χ2n) is 9.10. The molecule has 0 heterocycles. The summed E-state index contributed by atoms with van der Waals surface area (Å²) in [6.45, 7) is 2.80. The molecule has 7 heteroatoms. The van der Waals surface area contributed by atoms with Gasteiger partial charge in [0.15, 0.2) is 0 Å². The van der Waals surface area contributed by atoms with Crippen LogP contribution in [0.25, 0.3) is 0 Å². The Morgan fingerprint density at radius 1 is 1.22 bits per heavy atom. The van der Waals surface area contributed by atoms with Crippen molar-refractivity contribution in [3.63, 3.8) is 0 Å². The third kappa shape index (κ3) is 4.05. The van der Waals surface area contributed by atoms with Crippen molar-refractivity contribution in [2.45, 2.75) is 50.9 Å². The van der Waals surface area contributed by atoms with Crippen LogP contribution in [0.2, 0.25) is 0 Å². The molecule has 3 N–H and O–H groups in total. The van der Waals surface area contributed by atoms with Crippen molar-refractivity contribution >= 4 is 25.8 Å². The molecule has 1 aromatic carbocycles. The van der Waals surface area contributed by atoms with Crippen LogP contribution < -0.4 is 5.73 Å². The molecule has 0 aromatic heterocycles. The number of benzene rings is 1. The number of amidine groups is 1. The van der Waals surface area contributed by atoms with Gasteiger partial charge >= 0.3 is 9.15 Å². The molecule has 148 valence electrons. The van der Waals surface area contributed by atoms with Crippen LogP contribution in [0.4, 0.5) is 0 Å². The molecule has 2 unspecified atom stereocenters. The molecule has 4 aliphatic carbocycles. The lowest BCUT2D eigenvalue weighted by Crippen LogP contribution is -2.55. The van der Waals surface area contributed by atoms with E-state index in [0.717, 1.165) is 18.3 Å². The van der Waals surface area contributed by atoms with Gasteiger partial charge in [-0.2, -0.15) is 8.42 Å². The lowest BCUT2D eigenvalue weighted by molar-refractivity contribution is -0.0664. The molecule has 0 radical (unpaired) electrons. The van der Waals surface area contributed by atoms with Gasteiger partial charge < -0.3 is 5.73 Å². The van der Waals surface area contributed by atoms with Crippen LogP contribution in [0.1, 0.15) is 49.7 Å². The van der Waals surface area contributed by atoms with E-state index in [1.165, 1.54) is 43.2 Å². The summed E-state index contributed by atoms with van der Waals surface area (Å²) in [7, 11) is -3.65. The first-order valence-electron chi connectivity index (χ1n) is 9.65. The van der Waals surface area contributed by atoms with Gasteiger partial charge in [0.25, 0.3) is 0 Å². The van der Waals surface area contributed by atoms with Gasteiger partial charge in [0.1, 0.15) is 5.84 Å². The molecule has 2 atom stereocenters. The highest BCUT2D eigenvalue weighted by Crippen LogP contribution is 2.65. The van der Waals surface area contributed by atoms with Gasteiger partial charge in [0.05, 0.1) is 5.75 Å². The Hall–Kier alpha value is -1.05. The minimum absolute atomic E-state index is 0.0187. The number of hydrogen-bond acceptors (Lipinski definition) is 4. The summed E-state index contributed by atoms with van der Waals surface area (Å²) in [5.41, 5.74) is 9.15. The molecule has 1 aromatic rings. The molecule has 4 aliphatic rings. The molecular formula is C20H28N2O3S2. The van der Waals surface area contributed by atoms with Crippen LogP contribution in [-0.4, -0.2) is 31.1 Å². The molecule has 0 amide bonds. The van der Waals surface area contributed by atoms with E-state index in [1.54, 1.807) is 0 Å². The van der Waals surface area contributed by atoms with Gasteiger partial charge in [-0.05, 0) is 73.7 Å². The first-order chi connectivity index (χ1) is 12.7. The Labute approximate surface area is 165 Å². The molecular weight excluding hydrogens is 380 g/mol. The first-order valence-corrected chi connectivity index (χ1v) is 12.6. The fraction of sp³-hybridized carbons (Fsp3) is 0.650. The third-order valence-electron chi connectivity index (χ3n) is 6.82. The predicted octanol–water partition coefficient (Wildman–Crippen LogP) is 3.73. The Kier molecular flexibility index (Phi) is 4.84. The zero-order chi connectivity index (χ0) is 19.3. The Balaban J connectivity index is 1.54. The fourth-order valence-corrected chi connectivity index (χ4v) is 7.50. The molecule has 0 aliphatic heterocycles. The normalized spacial score (nSPS) is 35.6. The van der Waals surface area contributed by atoms with E-state index in [1.807, 2.05) is 0 Å². The summed E-state index contributed by atoms with van der Waals surface area (Å²) < 4.78 is 30.7. The number of nitrogens with two attached hydrogens (primary N) is 1. The van der Waals surface area contributed by atoms with Crippen molar-refractivity contribution in [3.05, 3.63) is 35.4 Å². The molecule has 0 spiro atoms. The highest BCUT2D eigenvalue weighted by molar-refractivity contribution is 8.70. The molecule has 4 fully saturated rings. The predicted molar refractivity (Wildman–Crippen MR) is 110 cm³/mol. The molecule has 4 saturated carbocycles. The third-order valence-corrected chi connectivity index (χ3v) is 8.78. The van der Waals surface area contributed by atoms with E-state index in [-0.39, 0.29) is 16.6 Å². The summed E-state index contributed by atoms with van der Waals surface area (Å²) in [5, 5.41) is 0. The van der Waals surface area contributed by atoms with Crippen molar-refractivity contribution in [1.29, 1.82) is 0 Å². The fourth-order valence-electron chi connectivity index (χ4n) is 6.33. The smallest absolute Gasteiger partial charge is 0.320 e. The van der Waals surface area contributed by atoms with Gasteiger partial charge in [-0.15, -0.1) is 0 Å². The summed E-state index contributed by atoms with van der Waals surface area (Å²) in [6.07, 6.45) is 7.47. The Bertz CT molecular complexity index is 834. The highest BCUT2D eigenvalue weighted by Gasteiger charge is 2.57. The van der Waals surface area contributed by atoms with E-state index in [4.69, 9.17) is 10.3 Å². The number of aryl methyl sites for hydroxylation is 1. The van der Waals surface area contributed by atoms with Crippen molar-refractivity contribution < 1.29 is 13.0 Å². The monoisotopic (exact) mass is 408 g/mol. The number of aliphatic imine (C=N–C) groups is 1. The van der Waals surface area contributed by atoms with Gasteiger partial charge in [-0.3, -0.25) is 9.55 Å². The number of hydrogen-bond donors (Lipinski definition) is 2. The average molecular weight is 409 g/mol. The molecule has 5 rings (SSSR count).